The highest BCUT2D eigenvalue weighted by atomic mass is 32.2. The van der Waals surface area contributed by atoms with Gasteiger partial charge in [-0.15, -0.1) is 0 Å². The Balaban J connectivity index is 1.17. The molecule has 0 bridgehead atoms. The lowest BCUT2D eigenvalue weighted by Gasteiger charge is -2.34. The van der Waals surface area contributed by atoms with Gasteiger partial charge >= 0.3 is 0 Å². The molecule has 192 valence electrons. The minimum absolute atomic E-state index is 0.139. The molecule has 5 rings (SSSR count). The third kappa shape index (κ3) is 5.91. The number of rotatable bonds is 8. The number of ether oxygens (including phenoxy) is 1. The van der Waals surface area contributed by atoms with Crippen molar-refractivity contribution in [3.63, 3.8) is 0 Å². The molecule has 2 aromatic carbocycles. The van der Waals surface area contributed by atoms with Gasteiger partial charge in [0, 0.05) is 50.7 Å². The molecule has 0 amide bonds. The normalized spacial score (nSPS) is 16.8. The molecule has 1 N–H and O–H groups in total. The molecule has 0 unspecified atom stereocenters. The third-order valence-electron chi connectivity index (χ3n) is 6.68. The molecule has 1 aromatic heterocycles. The van der Waals surface area contributed by atoms with Crippen LogP contribution < -0.4 is 10.1 Å². The molecule has 0 spiro atoms. The molecule has 37 heavy (non-hydrogen) atoms. The number of hydrogen-bond acceptors (Lipinski definition) is 8. The zero-order valence-corrected chi connectivity index (χ0v) is 21.8. The van der Waals surface area contributed by atoms with Crippen molar-refractivity contribution in [2.24, 2.45) is 0 Å². The first-order valence-corrected chi connectivity index (χ1v) is 13.9. The Bertz CT molecular complexity index is 1400. The Labute approximate surface area is 217 Å². The lowest BCUT2D eigenvalue weighted by molar-refractivity contribution is 0.181. The maximum atomic E-state index is 12.4. The number of aromatic nitrogens is 2. The Kier molecular flexibility index (Phi) is 7.11. The highest BCUT2D eigenvalue weighted by Crippen LogP contribution is 2.32. The van der Waals surface area contributed by atoms with Gasteiger partial charge in [-0.2, -0.15) is 14.6 Å². The number of anilines is 2. The third-order valence-corrected chi connectivity index (χ3v) is 9.08. The van der Waals surface area contributed by atoms with E-state index in [0.29, 0.717) is 36.2 Å². The monoisotopic (exact) mass is 518 g/mol. The summed E-state index contributed by atoms with van der Waals surface area (Å²) in [6, 6.07) is 15.5. The van der Waals surface area contributed by atoms with Crippen molar-refractivity contribution in [2.75, 3.05) is 31.5 Å². The van der Waals surface area contributed by atoms with Crippen molar-refractivity contribution < 1.29 is 13.2 Å². The van der Waals surface area contributed by atoms with E-state index >= 15 is 0 Å². The molecular formula is C27H30N6O3S. The average molecular weight is 519 g/mol. The molecule has 3 aromatic rings. The van der Waals surface area contributed by atoms with E-state index in [1.54, 1.807) is 28.7 Å². The summed E-state index contributed by atoms with van der Waals surface area (Å²) in [5.74, 6) is 1.51. The standard InChI is InChI=1S/C27H30N6O3S/c1-19-15-22(17-28)16-20(2)26(19)36-25-9-10-29-27(31-25)30-23-5-3-21(4-6-23)18-32-11-13-33(14-12-32)37(34,35)24-7-8-24/h3-6,9-10,15-16,24H,7-8,11-14,18H2,1-2H3,(H,29,30,31). The molecule has 2 aliphatic rings. The van der Waals surface area contributed by atoms with Gasteiger partial charge in [0.25, 0.3) is 0 Å². The fourth-order valence-corrected chi connectivity index (χ4v) is 6.36. The molecule has 2 fully saturated rings. The van der Waals surface area contributed by atoms with Crippen molar-refractivity contribution in [1.82, 2.24) is 19.2 Å². The molecule has 10 heteroatoms. The molecule has 9 nitrogen and oxygen atoms in total. The van der Waals surface area contributed by atoms with Crippen LogP contribution in [0, 0.1) is 25.2 Å². The predicted molar refractivity (Wildman–Crippen MR) is 141 cm³/mol. The number of nitrogens with one attached hydrogen (secondary N) is 1. The zero-order chi connectivity index (χ0) is 26.0. The number of nitriles is 1. The van der Waals surface area contributed by atoms with Gasteiger partial charge in [-0.1, -0.05) is 12.1 Å². The van der Waals surface area contributed by atoms with E-state index < -0.39 is 10.0 Å². The van der Waals surface area contributed by atoms with Gasteiger partial charge in [0.15, 0.2) is 0 Å². The van der Waals surface area contributed by atoms with Gasteiger partial charge in [0.05, 0.1) is 16.9 Å². The summed E-state index contributed by atoms with van der Waals surface area (Å²) in [6.45, 7) is 7.20. The molecular weight excluding hydrogens is 488 g/mol. The number of aryl methyl sites for hydroxylation is 2. The minimum atomic E-state index is -3.08. The highest BCUT2D eigenvalue weighted by molar-refractivity contribution is 7.90. The molecule has 1 aliphatic heterocycles. The van der Waals surface area contributed by atoms with Gasteiger partial charge in [0.2, 0.25) is 21.9 Å². The van der Waals surface area contributed by atoms with Crippen LogP contribution in [-0.2, 0) is 16.6 Å². The maximum absolute atomic E-state index is 12.4. The number of benzene rings is 2. The van der Waals surface area contributed by atoms with Gasteiger partial charge in [-0.25, -0.2) is 13.4 Å². The fourth-order valence-electron chi connectivity index (χ4n) is 4.54. The van der Waals surface area contributed by atoms with Crippen molar-refractivity contribution in [1.29, 1.82) is 5.26 Å². The van der Waals surface area contributed by atoms with Gasteiger partial charge in [0.1, 0.15) is 5.75 Å². The molecule has 0 atom stereocenters. The topological polar surface area (TPSA) is 111 Å². The smallest absolute Gasteiger partial charge is 0.230 e. The van der Waals surface area contributed by atoms with E-state index in [1.165, 1.54) is 0 Å². The first-order chi connectivity index (χ1) is 17.8. The first kappa shape index (κ1) is 25.1. The number of nitrogens with zero attached hydrogens (tertiary/aromatic N) is 5. The Morgan fingerprint density at radius 2 is 1.73 bits per heavy atom. The van der Waals surface area contributed by atoms with E-state index in [2.05, 4.69) is 38.4 Å². The quantitative estimate of drug-likeness (QED) is 0.474. The molecule has 2 heterocycles. The largest absolute Gasteiger partial charge is 0.438 e. The van der Waals surface area contributed by atoms with Gasteiger partial charge in [-0.3, -0.25) is 4.90 Å². The predicted octanol–water partition coefficient (Wildman–Crippen LogP) is 4.11. The summed E-state index contributed by atoms with van der Waals surface area (Å²) in [4.78, 5) is 11.1. The van der Waals surface area contributed by atoms with Gasteiger partial charge in [-0.05, 0) is 67.6 Å². The van der Waals surface area contributed by atoms with Gasteiger partial charge < -0.3 is 10.1 Å². The van der Waals surface area contributed by atoms with Crippen LogP contribution in [0.15, 0.2) is 48.7 Å². The van der Waals surface area contributed by atoms with E-state index in [1.807, 2.05) is 26.0 Å². The molecule has 1 saturated heterocycles. The van der Waals surface area contributed by atoms with Crippen LogP contribution in [0.2, 0.25) is 0 Å². The van der Waals surface area contributed by atoms with Crippen LogP contribution in [0.25, 0.3) is 0 Å². The summed E-state index contributed by atoms with van der Waals surface area (Å²) in [6.07, 6.45) is 3.25. The van der Waals surface area contributed by atoms with E-state index in [-0.39, 0.29) is 5.25 Å². The lowest BCUT2D eigenvalue weighted by Crippen LogP contribution is -2.49. The fraction of sp³-hybridized carbons (Fsp3) is 0.370. The summed E-state index contributed by atoms with van der Waals surface area (Å²) in [5, 5.41) is 12.2. The highest BCUT2D eigenvalue weighted by Gasteiger charge is 2.40. The van der Waals surface area contributed by atoms with E-state index in [4.69, 9.17) is 10.00 Å². The Morgan fingerprint density at radius 1 is 1.05 bits per heavy atom. The van der Waals surface area contributed by atoms with E-state index in [9.17, 15) is 8.42 Å². The lowest BCUT2D eigenvalue weighted by atomic mass is 10.1. The number of hydrogen-bond donors (Lipinski definition) is 1. The van der Waals surface area contributed by atoms with Crippen molar-refractivity contribution in [3.05, 3.63) is 70.9 Å². The maximum Gasteiger partial charge on any atom is 0.230 e. The van der Waals surface area contributed by atoms with Crippen LogP contribution in [0.5, 0.6) is 11.6 Å². The van der Waals surface area contributed by atoms with Crippen LogP contribution >= 0.6 is 0 Å². The SMILES string of the molecule is Cc1cc(C#N)cc(C)c1Oc1ccnc(Nc2ccc(CN3CCN(S(=O)(=O)C4CC4)CC3)cc2)n1. The second kappa shape index (κ2) is 10.5. The van der Waals surface area contributed by atoms with Crippen LogP contribution in [0.1, 0.15) is 35.1 Å². The second-order valence-corrected chi connectivity index (χ2v) is 11.8. The van der Waals surface area contributed by atoms with Crippen molar-refractivity contribution in [3.8, 4) is 17.7 Å². The van der Waals surface area contributed by atoms with Crippen molar-refractivity contribution >= 4 is 21.7 Å². The van der Waals surface area contributed by atoms with E-state index in [0.717, 1.165) is 54.9 Å². The van der Waals surface area contributed by atoms with Crippen molar-refractivity contribution in [2.45, 2.75) is 38.5 Å². The molecule has 1 saturated carbocycles. The minimum Gasteiger partial charge on any atom is -0.438 e. The summed E-state index contributed by atoms with van der Waals surface area (Å²) >= 11 is 0. The average Bonchev–Trinajstić information content (AvgIpc) is 3.74. The summed E-state index contributed by atoms with van der Waals surface area (Å²) in [7, 11) is -3.08. The summed E-state index contributed by atoms with van der Waals surface area (Å²) < 4.78 is 32.6. The van der Waals surface area contributed by atoms with Crippen LogP contribution in [0.3, 0.4) is 0 Å². The second-order valence-electron chi connectivity index (χ2n) is 9.61. The summed E-state index contributed by atoms with van der Waals surface area (Å²) in [5.41, 5.74) is 4.35. The first-order valence-electron chi connectivity index (χ1n) is 12.4. The van der Waals surface area contributed by atoms with Crippen LogP contribution in [-0.4, -0.2) is 59.0 Å². The number of sulfonamides is 1. The Morgan fingerprint density at radius 3 is 2.35 bits per heavy atom. The number of piperazine rings is 1. The molecule has 1 aliphatic carbocycles. The molecule has 0 radical (unpaired) electrons. The van der Waals surface area contributed by atoms with Crippen LogP contribution in [0.4, 0.5) is 11.6 Å². The zero-order valence-electron chi connectivity index (χ0n) is 21.0. The Hall–Kier alpha value is -3.52.